The van der Waals surface area contributed by atoms with Crippen LogP contribution in [0.1, 0.15) is 6.92 Å². The van der Waals surface area contributed by atoms with E-state index in [1.54, 1.807) is 25.1 Å². The number of hydrogen-bond acceptors (Lipinski definition) is 3. The van der Waals surface area contributed by atoms with E-state index in [2.05, 4.69) is 10.8 Å². The Morgan fingerprint density at radius 3 is 3.08 bits per heavy atom. The van der Waals surface area contributed by atoms with Crippen LogP contribution in [0.3, 0.4) is 0 Å². The van der Waals surface area contributed by atoms with Gasteiger partial charge >= 0.3 is 6.16 Å². The Balaban J connectivity index is 2.63. The fourth-order valence-electron chi connectivity index (χ4n) is 0.710. The molecule has 1 radical (unpaired) electrons. The van der Waals surface area contributed by atoms with E-state index >= 15 is 0 Å². The third-order valence-electron chi connectivity index (χ3n) is 1.22. The highest BCUT2D eigenvalue weighted by molar-refractivity contribution is 6.32. The maximum atomic E-state index is 10.8. The summed E-state index contributed by atoms with van der Waals surface area (Å²) in [7, 11) is 0. The fourth-order valence-corrected chi connectivity index (χ4v) is 0.876. The van der Waals surface area contributed by atoms with Crippen molar-refractivity contribution in [1.82, 2.24) is 0 Å². The van der Waals surface area contributed by atoms with Gasteiger partial charge in [0.05, 0.1) is 11.6 Å². The molecule has 0 aliphatic heterocycles. The van der Waals surface area contributed by atoms with Crippen LogP contribution in [0.4, 0.5) is 4.79 Å². The van der Waals surface area contributed by atoms with Gasteiger partial charge in [0.2, 0.25) is 0 Å². The zero-order chi connectivity index (χ0) is 9.68. The van der Waals surface area contributed by atoms with Gasteiger partial charge in [-0.15, -0.1) is 0 Å². The summed E-state index contributed by atoms with van der Waals surface area (Å²) in [5.41, 5.74) is 0. The van der Waals surface area contributed by atoms with Crippen LogP contribution in [0, 0.1) is 6.07 Å². The molecule has 0 aliphatic carbocycles. The van der Waals surface area contributed by atoms with E-state index < -0.39 is 6.16 Å². The summed E-state index contributed by atoms with van der Waals surface area (Å²) in [6, 6.07) is 7.57. The van der Waals surface area contributed by atoms with Crippen molar-refractivity contribution in [3.8, 4) is 5.75 Å². The van der Waals surface area contributed by atoms with Gasteiger partial charge in [-0.25, -0.2) is 4.79 Å². The molecule has 0 saturated carbocycles. The predicted octanol–water partition coefficient (Wildman–Crippen LogP) is 2.68. The van der Waals surface area contributed by atoms with Crippen molar-refractivity contribution in [3.05, 3.63) is 29.3 Å². The van der Waals surface area contributed by atoms with Crippen LogP contribution in [0.2, 0.25) is 5.02 Å². The first-order valence-corrected chi connectivity index (χ1v) is 4.12. The average molecular weight is 200 g/mol. The molecule has 1 rings (SSSR count). The van der Waals surface area contributed by atoms with Crippen molar-refractivity contribution in [1.29, 1.82) is 0 Å². The third-order valence-corrected chi connectivity index (χ3v) is 1.52. The Kier molecular flexibility index (Phi) is 3.58. The van der Waals surface area contributed by atoms with Crippen LogP contribution in [-0.4, -0.2) is 12.8 Å². The minimum atomic E-state index is -0.771. The molecule has 0 fully saturated rings. The molecule has 1 aromatic carbocycles. The second-order valence-electron chi connectivity index (χ2n) is 2.13. The summed E-state index contributed by atoms with van der Waals surface area (Å²) < 4.78 is 9.30. The van der Waals surface area contributed by atoms with E-state index in [-0.39, 0.29) is 12.4 Å². The van der Waals surface area contributed by atoms with Gasteiger partial charge in [0, 0.05) is 6.07 Å². The highest BCUT2D eigenvalue weighted by Crippen LogP contribution is 2.22. The minimum Gasteiger partial charge on any atom is -0.434 e. The predicted molar refractivity (Wildman–Crippen MR) is 47.9 cm³/mol. The highest BCUT2D eigenvalue weighted by Gasteiger charge is 2.07. The quantitative estimate of drug-likeness (QED) is 0.543. The molecule has 0 unspecified atom stereocenters. The van der Waals surface area contributed by atoms with Gasteiger partial charge in [-0.3, -0.25) is 0 Å². The number of para-hydroxylation sites is 1. The molecular weight excluding hydrogens is 192 g/mol. The van der Waals surface area contributed by atoms with Gasteiger partial charge < -0.3 is 9.47 Å². The Labute approximate surface area is 81.2 Å². The molecule has 0 bridgehead atoms. The average Bonchev–Trinajstić information content (AvgIpc) is 2.09. The molecule has 0 atom stereocenters. The molecule has 0 N–H and O–H groups in total. The van der Waals surface area contributed by atoms with Crippen molar-refractivity contribution in [2.45, 2.75) is 6.92 Å². The monoisotopic (exact) mass is 199 g/mol. The van der Waals surface area contributed by atoms with Gasteiger partial charge in [-0.2, -0.15) is 0 Å². The molecule has 69 valence electrons. The maximum Gasteiger partial charge on any atom is 0.513 e. The third kappa shape index (κ3) is 2.95. The van der Waals surface area contributed by atoms with E-state index in [1.165, 1.54) is 0 Å². The summed E-state index contributed by atoms with van der Waals surface area (Å²) >= 11 is 5.70. The molecule has 0 saturated heterocycles. The van der Waals surface area contributed by atoms with Crippen LogP contribution in [-0.2, 0) is 4.74 Å². The zero-order valence-electron chi connectivity index (χ0n) is 7.04. The van der Waals surface area contributed by atoms with Gasteiger partial charge in [-0.1, -0.05) is 23.7 Å². The number of carbonyl (C=O) groups excluding carboxylic acids is 1. The van der Waals surface area contributed by atoms with Crippen molar-refractivity contribution in [2.75, 3.05) is 6.61 Å². The molecule has 0 heterocycles. The lowest BCUT2D eigenvalue weighted by atomic mass is 10.3. The topological polar surface area (TPSA) is 35.5 Å². The van der Waals surface area contributed by atoms with Gasteiger partial charge in [0.1, 0.15) is 0 Å². The molecule has 0 spiro atoms. The first kappa shape index (κ1) is 9.86. The van der Waals surface area contributed by atoms with Crippen molar-refractivity contribution < 1.29 is 14.3 Å². The second kappa shape index (κ2) is 4.72. The summed E-state index contributed by atoms with van der Waals surface area (Å²) in [5, 5.41) is 0.329. The molecule has 0 aliphatic rings. The highest BCUT2D eigenvalue weighted by atomic mass is 35.5. The zero-order valence-corrected chi connectivity index (χ0v) is 7.80. The Morgan fingerprint density at radius 1 is 1.69 bits per heavy atom. The Hall–Kier alpha value is -1.22. The van der Waals surface area contributed by atoms with Crippen molar-refractivity contribution >= 4 is 17.8 Å². The smallest absolute Gasteiger partial charge is 0.434 e. The standard InChI is InChI=1S/C9H8ClO3/c1-2-12-9(11)13-8-6-4-3-5-7(8)10/h3-5H,2H2,1H3. The van der Waals surface area contributed by atoms with Crippen LogP contribution >= 0.6 is 11.6 Å². The van der Waals surface area contributed by atoms with E-state index in [4.69, 9.17) is 16.3 Å². The van der Waals surface area contributed by atoms with Gasteiger partial charge in [0.15, 0.2) is 5.75 Å². The molecule has 0 amide bonds. The van der Waals surface area contributed by atoms with Crippen molar-refractivity contribution in [2.24, 2.45) is 0 Å². The molecule has 13 heavy (non-hydrogen) atoms. The lowest BCUT2D eigenvalue weighted by molar-refractivity contribution is 0.104. The van der Waals surface area contributed by atoms with Gasteiger partial charge in [-0.05, 0) is 13.0 Å². The maximum absolute atomic E-state index is 10.8. The number of ether oxygens (including phenoxy) is 2. The van der Waals surface area contributed by atoms with Crippen molar-refractivity contribution in [3.63, 3.8) is 0 Å². The molecule has 1 aromatic rings. The number of halogens is 1. The molecule has 3 nitrogen and oxygen atoms in total. The molecule has 0 aromatic heterocycles. The largest absolute Gasteiger partial charge is 0.513 e. The summed E-state index contributed by atoms with van der Waals surface area (Å²) in [6.07, 6.45) is -0.771. The number of rotatable bonds is 2. The van der Waals surface area contributed by atoms with Crippen LogP contribution in [0.15, 0.2) is 18.2 Å². The minimum absolute atomic E-state index is 0.183. The van der Waals surface area contributed by atoms with Crippen LogP contribution in [0.25, 0.3) is 0 Å². The summed E-state index contributed by atoms with van der Waals surface area (Å²) in [6.45, 7) is 1.96. The lowest BCUT2D eigenvalue weighted by Gasteiger charge is -2.04. The Bertz CT molecular complexity index is 299. The number of carbonyl (C=O) groups is 1. The number of hydrogen-bond donors (Lipinski definition) is 0. The lowest BCUT2D eigenvalue weighted by Crippen LogP contribution is -2.10. The summed E-state index contributed by atoms with van der Waals surface area (Å²) in [5.74, 6) is 0.183. The molecule has 4 heteroatoms. The van der Waals surface area contributed by atoms with Crippen LogP contribution < -0.4 is 4.74 Å². The SMILES string of the molecule is CCOC(=O)Oc1[c]cccc1Cl. The van der Waals surface area contributed by atoms with E-state index in [1.807, 2.05) is 0 Å². The first-order valence-electron chi connectivity index (χ1n) is 3.75. The van der Waals surface area contributed by atoms with Gasteiger partial charge in [0.25, 0.3) is 0 Å². The Morgan fingerprint density at radius 2 is 2.46 bits per heavy atom. The summed E-state index contributed by atoms with van der Waals surface area (Å²) in [4.78, 5) is 10.8. The van der Waals surface area contributed by atoms with E-state index in [0.29, 0.717) is 5.02 Å². The second-order valence-corrected chi connectivity index (χ2v) is 2.54. The van der Waals surface area contributed by atoms with Crippen LogP contribution in [0.5, 0.6) is 5.75 Å². The normalized spacial score (nSPS) is 9.38. The fraction of sp³-hybridized carbons (Fsp3) is 0.222. The molecular formula is C9H8ClO3. The van der Waals surface area contributed by atoms with E-state index in [9.17, 15) is 4.79 Å². The van der Waals surface area contributed by atoms with E-state index in [0.717, 1.165) is 0 Å². The number of benzene rings is 1. The first-order chi connectivity index (χ1) is 6.24.